The molecule has 6 N–H and O–H groups in total. The number of aliphatic hydroxyl groups excluding tert-OH is 2. The van der Waals surface area contributed by atoms with Gasteiger partial charge in [0.15, 0.2) is 5.60 Å². The van der Waals surface area contributed by atoms with Crippen molar-refractivity contribution in [1.29, 1.82) is 0 Å². The summed E-state index contributed by atoms with van der Waals surface area (Å²) in [5.41, 5.74) is -2.81. The Hall–Kier alpha value is -0.760. The van der Waals surface area contributed by atoms with E-state index < -0.39 is 44.0 Å². The summed E-state index contributed by atoms with van der Waals surface area (Å²) in [6, 6.07) is 0. The first-order valence-electron chi connectivity index (χ1n) is 4.63. The Morgan fingerprint density at radius 3 is 2.41 bits per heavy atom. The molecule has 3 atom stereocenters. The molecule has 1 rings (SSSR count). The average molecular weight is 268 g/mol. The molecule has 0 heterocycles. The van der Waals surface area contributed by atoms with Crippen LogP contribution in [0.1, 0.15) is 6.42 Å². The highest BCUT2D eigenvalue weighted by atomic mass is 31.2. The quantitative estimate of drug-likeness (QED) is 0.254. The fraction of sp³-hybridized carbons (Fsp3) is 0.625. The van der Waals surface area contributed by atoms with Gasteiger partial charge in [0, 0.05) is 6.42 Å². The summed E-state index contributed by atoms with van der Waals surface area (Å²) in [4.78, 5) is 28.2. The Kier molecular flexibility index (Phi) is 3.78. The lowest BCUT2D eigenvalue weighted by Crippen LogP contribution is -2.48. The highest BCUT2D eigenvalue weighted by Gasteiger charge is 2.44. The third-order valence-electron chi connectivity index (χ3n) is 2.45. The van der Waals surface area contributed by atoms with Gasteiger partial charge in [0.1, 0.15) is 6.10 Å². The minimum absolute atomic E-state index is 0.387. The molecule has 1 aliphatic carbocycles. The highest BCUT2D eigenvalue weighted by molar-refractivity contribution is 7.52. The normalized spacial score (nSPS) is 34.3. The van der Waals surface area contributed by atoms with Crippen molar-refractivity contribution < 1.29 is 39.6 Å². The summed E-state index contributed by atoms with van der Waals surface area (Å²) in [5, 5.41) is 37.2. The van der Waals surface area contributed by atoms with E-state index in [0.29, 0.717) is 6.08 Å². The summed E-state index contributed by atoms with van der Waals surface area (Å²) in [6.07, 6.45) is -4.08. The largest absolute Gasteiger partial charge is 0.479 e. The van der Waals surface area contributed by atoms with Gasteiger partial charge in [-0.05, 0) is 11.6 Å². The van der Waals surface area contributed by atoms with Gasteiger partial charge in [0.05, 0.1) is 12.3 Å². The highest BCUT2D eigenvalue weighted by Crippen LogP contribution is 2.40. The fourth-order valence-electron chi connectivity index (χ4n) is 1.65. The second kappa shape index (κ2) is 4.49. The monoisotopic (exact) mass is 268 g/mol. The molecule has 0 amide bonds. The topological polar surface area (TPSA) is 156 Å². The van der Waals surface area contributed by atoms with Crippen LogP contribution in [0, 0.1) is 0 Å². The van der Waals surface area contributed by atoms with E-state index in [1.165, 1.54) is 0 Å². The first-order chi connectivity index (χ1) is 7.55. The molecule has 1 aliphatic rings. The standard InChI is InChI=1S/C8H13O8P/c9-5-2-8(13,7(11)12)1-4(6(5)10)3-17(14,15)16/h1,5-6,9-10,13H,2-3H2,(H,11,12)(H2,14,15,16)/t5-,6-,8+/m1/s1. The van der Waals surface area contributed by atoms with Crippen LogP contribution in [0.25, 0.3) is 0 Å². The lowest BCUT2D eigenvalue weighted by atomic mass is 9.83. The number of aliphatic hydroxyl groups is 3. The minimum atomic E-state index is -4.53. The van der Waals surface area contributed by atoms with E-state index in [0.717, 1.165) is 0 Å². The molecule has 9 heteroatoms. The van der Waals surface area contributed by atoms with E-state index in [1.54, 1.807) is 0 Å². The van der Waals surface area contributed by atoms with Crippen LogP contribution >= 0.6 is 7.60 Å². The van der Waals surface area contributed by atoms with Gasteiger partial charge in [-0.15, -0.1) is 0 Å². The summed E-state index contributed by atoms with van der Waals surface area (Å²) >= 11 is 0. The van der Waals surface area contributed by atoms with E-state index >= 15 is 0 Å². The Morgan fingerprint density at radius 1 is 1.47 bits per heavy atom. The van der Waals surface area contributed by atoms with E-state index in [9.17, 15) is 24.7 Å². The van der Waals surface area contributed by atoms with Gasteiger partial charge in [0.2, 0.25) is 0 Å². The Balaban J connectivity index is 3.11. The van der Waals surface area contributed by atoms with Gasteiger partial charge in [-0.25, -0.2) is 4.79 Å². The van der Waals surface area contributed by atoms with Crippen LogP contribution in [0.5, 0.6) is 0 Å². The van der Waals surface area contributed by atoms with Gasteiger partial charge in [0.25, 0.3) is 0 Å². The number of aliphatic carboxylic acids is 1. The predicted octanol–water partition coefficient (Wildman–Crippen LogP) is -1.97. The summed E-state index contributed by atoms with van der Waals surface area (Å²) in [6.45, 7) is 0. The SMILES string of the molecule is O=C(O)[C@]1(O)C=C(CP(=O)(O)O)[C@@H](O)[C@H](O)C1. The van der Waals surface area contributed by atoms with Gasteiger partial charge in [-0.1, -0.05) is 0 Å². The van der Waals surface area contributed by atoms with Gasteiger partial charge in [-0.3, -0.25) is 4.57 Å². The van der Waals surface area contributed by atoms with Crippen molar-refractivity contribution in [2.24, 2.45) is 0 Å². The molecule has 98 valence electrons. The minimum Gasteiger partial charge on any atom is -0.479 e. The third kappa shape index (κ3) is 3.35. The predicted molar refractivity (Wildman–Crippen MR) is 54.2 cm³/mol. The maximum Gasteiger partial charge on any atom is 0.339 e. The zero-order valence-corrected chi connectivity index (χ0v) is 9.49. The molecule has 0 radical (unpaired) electrons. The number of hydrogen-bond acceptors (Lipinski definition) is 5. The van der Waals surface area contributed by atoms with Crippen LogP contribution < -0.4 is 0 Å². The summed E-state index contributed by atoms with van der Waals surface area (Å²) < 4.78 is 10.8. The van der Waals surface area contributed by atoms with Crippen molar-refractivity contribution in [3.8, 4) is 0 Å². The molecule has 0 aliphatic heterocycles. The maximum absolute atomic E-state index is 10.8. The molecule has 0 saturated heterocycles. The first kappa shape index (κ1) is 14.3. The molecule has 0 spiro atoms. The fourth-order valence-corrected chi connectivity index (χ4v) is 2.41. The maximum atomic E-state index is 10.8. The molecule has 0 unspecified atom stereocenters. The second-order valence-corrected chi connectivity index (χ2v) is 5.63. The number of hydrogen-bond donors (Lipinski definition) is 6. The van der Waals surface area contributed by atoms with Gasteiger partial charge < -0.3 is 30.2 Å². The molecular weight excluding hydrogens is 255 g/mol. The van der Waals surface area contributed by atoms with Gasteiger partial charge >= 0.3 is 13.6 Å². The van der Waals surface area contributed by atoms with Crippen LogP contribution in [-0.2, 0) is 9.36 Å². The van der Waals surface area contributed by atoms with E-state index in [1.807, 2.05) is 0 Å². The molecule has 0 saturated carbocycles. The van der Waals surface area contributed by atoms with Crippen LogP contribution in [0.3, 0.4) is 0 Å². The molecule has 0 aromatic rings. The van der Waals surface area contributed by atoms with Crippen molar-refractivity contribution >= 4 is 13.6 Å². The van der Waals surface area contributed by atoms with Crippen LogP contribution in [0.4, 0.5) is 0 Å². The van der Waals surface area contributed by atoms with Crippen molar-refractivity contribution in [2.45, 2.75) is 24.2 Å². The zero-order valence-electron chi connectivity index (χ0n) is 8.59. The average Bonchev–Trinajstić information content (AvgIpc) is 2.11. The van der Waals surface area contributed by atoms with E-state index in [4.69, 9.17) is 14.9 Å². The van der Waals surface area contributed by atoms with Crippen molar-refractivity contribution in [3.05, 3.63) is 11.6 Å². The van der Waals surface area contributed by atoms with Crippen molar-refractivity contribution in [2.75, 3.05) is 6.16 Å². The number of carboxylic acids is 1. The molecule has 0 aromatic heterocycles. The third-order valence-corrected chi connectivity index (χ3v) is 3.22. The lowest BCUT2D eigenvalue weighted by Gasteiger charge is -2.33. The number of rotatable bonds is 3. The Labute approximate surface area is 96.0 Å². The molecule has 0 bridgehead atoms. The molecule has 0 aromatic carbocycles. The van der Waals surface area contributed by atoms with Crippen LogP contribution in [-0.4, -0.2) is 60.2 Å². The van der Waals surface area contributed by atoms with Crippen LogP contribution in [0.15, 0.2) is 11.6 Å². The molecular formula is C8H13O8P. The number of carbonyl (C=O) groups is 1. The summed E-state index contributed by atoms with van der Waals surface area (Å²) in [5.74, 6) is -1.66. The van der Waals surface area contributed by atoms with Crippen molar-refractivity contribution in [1.82, 2.24) is 0 Å². The second-order valence-electron chi connectivity index (χ2n) is 3.99. The van der Waals surface area contributed by atoms with Crippen molar-refractivity contribution in [3.63, 3.8) is 0 Å². The van der Waals surface area contributed by atoms with E-state index in [2.05, 4.69) is 0 Å². The lowest BCUT2D eigenvalue weighted by molar-refractivity contribution is -0.158. The summed E-state index contributed by atoms with van der Waals surface area (Å²) in [7, 11) is -4.53. The smallest absolute Gasteiger partial charge is 0.339 e. The number of carboxylic acid groups (broad SMARTS) is 1. The van der Waals surface area contributed by atoms with Gasteiger partial charge in [-0.2, -0.15) is 0 Å². The Morgan fingerprint density at radius 2 is 2.00 bits per heavy atom. The first-order valence-corrected chi connectivity index (χ1v) is 6.43. The molecule has 0 fully saturated rings. The molecule has 17 heavy (non-hydrogen) atoms. The van der Waals surface area contributed by atoms with Crippen LogP contribution in [0.2, 0.25) is 0 Å². The Bertz CT molecular complexity index is 398. The molecule has 8 nitrogen and oxygen atoms in total. The van der Waals surface area contributed by atoms with E-state index in [-0.39, 0.29) is 5.57 Å². The zero-order chi connectivity index (χ0) is 13.4.